The highest BCUT2D eigenvalue weighted by Crippen LogP contribution is 2.49. The van der Waals surface area contributed by atoms with E-state index in [0.717, 1.165) is 66.5 Å². The minimum atomic E-state index is 0.665. The topological polar surface area (TPSA) is 57.4 Å². The third-order valence-corrected chi connectivity index (χ3v) is 23.2. The Balaban J connectivity index is 0.000000136. The van der Waals surface area contributed by atoms with Gasteiger partial charge in [-0.05, 0) is 273 Å². The summed E-state index contributed by atoms with van der Waals surface area (Å²) in [4.78, 5) is 0. The number of hydrogen-bond acceptors (Lipinski definition) is 2. The van der Waals surface area contributed by atoms with Crippen molar-refractivity contribution in [2.24, 2.45) is 0 Å². The lowest BCUT2D eigenvalue weighted by molar-refractivity contribution is 1.18. The van der Waals surface area contributed by atoms with Crippen molar-refractivity contribution in [3.63, 3.8) is 0 Å². The van der Waals surface area contributed by atoms with Crippen molar-refractivity contribution in [1.82, 2.24) is 9.13 Å². The van der Waals surface area contributed by atoms with Gasteiger partial charge in [-0.2, -0.15) is 10.5 Å². The predicted octanol–water partition coefficient (Wildman–Crippen LogP) is 28.6. The standard InChI is InChI=1S/C55H32N2.C51H30N2/c56-33-34-26-38-24-25-39-29-40(30-53-55(39)54(38)52(27-34)57(53)41-16-2-1-3-17-41)36-14-10-15-37(28-36)48-31-50-47-22-9-8-21-46(47)49(32-51(50)45-20-7-6-19-44(45)48)43-23-11-13-35-12-4-5-18-42(35)43;52-31-32-24-36-22-23-37-27-38(28-49-51(37)50(36)48(25-32)53(49)39-16-5-2-6-17-39)34-14-11-15-35(26-34)45-30-47-42-20-9-7-18-40(42)44(33-12-3-1-4-13-33)29-46(47)43-21-10-8-19-41(43)45/h1-32H;1-30H. The lowest BCUT2D eigenvalue weighted by atomic mass is 9.86. The van der Waals surface area contributed by atoms with Crippen LogP contribution in [0.5, 0.6) is 0 Å². The second-order valence-corrected chi connectivity index (χ2v) is 29.2. The molecule has 0 atom stereocenters. The van der Waals surface area contributed by atoms with E-state index in [-0.39, 0.29) is 0 Å². The van der Waals surface area contributed by atoms with Crippen LogP contribution in [0.2, 0.25) is 0 Å². The molecule has 0 saturated carbocycles. The van der Waals surface area contributed by atoms with Gasteiger partial charge in [0.05, 0.1) is 45.3 Å². The molecule has 506 valence electrons. The number of nitriles is 2. The molecule has 23 rings (SSSR count). The molecule has 2 aromatic heterocycles. The summed E-state index contributed by atoms with van der Waals surface area (Å²) in [6.45, 7) is 0. The smallest absolute Gasteiger partial charge is 0.0992 e. The normalized spacial score (nSPS) is 11.8. The van der Waals surface area contributed by atoms with Gasteiger partial charge in [0.1, 0.15) is 0 Å². The average Bonchev–Trinajstić information content (AvgIpc) is 1.46. The zero-order chi connectivity index (χ0) is 72.7. The van der Waals surface area contributed by atoms with Crippen molar-refractivity contribution < 1.29 is 0 Å². The van der Waals surface area contributed by atoms with Crippen LogP contribution in [0.4, 0.5) is 0 Å². The summed E-state index contributed by atoms with van der Waals surface area (Å²) in [7, 11) is 0. The molecule has 21 aromatic carbocycles. The second-order valence-electron chi connectivity index (χ2n) is 29.2. The van der Waals surface area contributed by atoms with Crippen molar-refractivity contribution >= 4 is 141 Å². The Morgan fingerprint density at radius 2 is 0.482 bits per heavy atom. The molecule has 4 heteroatoms. The Hall–Kier alpha value is -14.9. The molecular formula is C106H62N4. The zero-order valence-corrected chi connectivity index (χ0v) is 59.6. The first kappa shape index (κ1) is 62.4. The summed E-state index contributed by atoms with van der Waals surface area (Å²) >= 11 is 0. The zero-order valence-electron chi connectivity index (χ0n) is 59.6. The maximum absolute atomic E-state index is 9.97. The maximum atomic E-state index is 9.97. The van der Waals surface area contributed by atoms with Gasteiger partial charge >= 0.3 is 0 Å². The predicted molar refractivity (Wildman–Crippen MR) is 464 cm³/mol. The van der Waals surface area contributed by atoms with Crippen LogP contribution in [0, 0.1) is 22.7 Å². The van der Waals surface area contributed by atoms with E-state index in [2.05, 4.69) is 367 Å². The Morgan fingerprint density at radius 3 is 0.909 bits per heavy atom. The van der Waals surface area contributed by atoms with E-state index in [1.807, 2.05) is 30.3 Å². The van der Waals surface area contributed by atoms with Crippen LogP contribution >= 0.6 is 0 Å². The summed E-state index contributed by atoms with van der Waals surface area (Å²) < 4.78 is 4.65. The van der Waals surface area contributed by atoms with Crippen LogP contribution in [0.25, 0.3) is 219 Å². The number of rotatable bonds is 8. The summed E-state index contributed by atoms with van der Waals surface area (Å²) in [5.74, 6) is 0. The van der Waals surface area contributed by atoms with Gasteiger partial charge in [0.15, 0.2) is 0 Å². The highest BCUT2D eigenvalue weighted by atomic mass is 15.0. The molecule has 0 unspecified atom stereocenters. The Morgan fingerprint density at radius 1 is 0.173 bits per heavy atom. The van der Waals surface area contributed by atoms with Crippen LogP contribution < -0.4 is 0 Å². The van der Waals surface area contributed by atoms with Crippen LogP contribution in [0.1, 0.15) is 11.1 Å². The van der Waals surface area contributed by atoms with Gasteiger partial charge in [0.2, 0.25) is 0 Å². The van der Waals surface area contributed by atoms with Gasteiger partial charge in [-0.1, -0.05) is 267 Å². The molecule has 0 aliphatic rings. The number of hydrogen-bond donors (Lipinski definition) is 0. The molecule has 0 amide bonds. The Kier molecular flexibility index (Phi) is 14.1. The van der Waals surface area contributed by atoms with E-state index in [9.17, 15) is 10.5 Å². The second kappa shape index (κ2) is 24.8. The Bertz CT molecular complexity index is 7840. The van der Waals surface area contributed by atoms with Crippen LogP contribution in [0.3, 0.4) is 0 Å². The number of para-hydroxylation sites is 2. The van der Waals surface area contributed by atoms with E-state index in [4.69, 9.17) is 0 Å². The molecule has 0 N–H and O–H groups in total. The minimum Gasteiger partial charge on any atom is -0.309 e. The third kappa shape index (κ3) is 9.77. The van der Waals surface area contributed by atoms with Gasteiger partial charge in [-0.15, -0.1) is 0 Å². The molecule has 0 fully saturated rings. The van der Waals surface area contributed by atoms with Crippen LogP contribution in [-0.2, 0) is 0 Å². The molecule has 0 bridgehead atoms. The fraction of sp³-hybridized carbons (Fsp3) is 0. The number of benzene rings is 21. The molecule has 0 spiro atoms. The monoisotopic (exact) mass is 1390 g/mol. The first-order valence-corrected chi connectivity index (χ1v) is 37.5. The molecule has 0 aliphatic heterocycles. The van der Waals surface area contributed by atoms with E-state index in [1.165, 1.54) is 152 Å². The Labute approximate surface area is 633 Å². The van der Waals surface area contributed by atoms with Gasteiger partial charge in [-0.25, -0.2) is 0 Å². The van der Waals surface area contributed by atoms with E-state index in [1.54, 1.807) is 0 Å². The molecular weight excluding hydrogens is 1330 g/mol. The molecule has 2 heterocycles. The SMILES string of the molecule is N#Cc1cc2ccc3cc(-c4cccc(-c5cc6c7ccccc7c(-c7cccc8ccccc78)cc6c6ccccc56)c4)cc4c3c2c(c1)n4-c1ccccc1.N#Cc1cc2ccc3cc(-c4cccc(-c5cc6c7ccccc7c(-c7ccccc7)cc6c6ccccc56)c4)cc4c3c2c(c1)n4-c1ccccc1. The molecule has 0 radical (unpaired) electrons. The maximum Gasteiger partial charge on any atom is 0.0992 e. The average molecular weight is 1390 g/mol. The van der Waals surface area contributed by atoms with Gasteiger partial charge in [-0.3, -0.25) is 0 Å². The van der Waals surface area contributed by atoms with Crippen molar-refractivity contribution in [1.29, 1.82) is 10.5 Å². The van der Waals surface area contributed by atoms with Crippen molar-refractivity contribution in [3.05, 3.63) is 387 Å². The molecule has 0 saturated heterocycles. The van der Waals surface area contributed by atoms with Crippen molar-refractivity contribution in [2.75, 3.05) is 0 Å². The van der Waals surface area contributed by atoms with Crippen molar-refractivity contribution in [2.45, 2.75) is 0 Å². The summed E-state index contributed by atoms with van der Waals surface area (Å²) in [5, 5.41) is 46.9. The lowest BCUT2D eigenvalue weighted by Crippen LogP contribution is -1.94. The highest BCUT2D eigenvalue weighted by molar-refractivity contribution is 6.29. The molecule has 4 nitrogen and oxygen atoms in total. The quantitative estimate of drug-likeness (QED) is 0.142. The number of nitrogens with zero attached hydrogens (tertiary/aromatic N) is 4. The number of fused-ring (bicyclic) bond motifs is 11. The lowest BCUT2D eigenvalue weighted by Gasteiger charge is -2.17. The van der Waals surface area contributed by atoms with Crippen LogP contribution in [-0.4, -0.2) is 9.13 Å². The highest BCUT2D eigenvalue weighted by Gasteiger charge is 2.24. The number of aromatic nitrogens is 2. The fourth-order valence-corrected chi connectivity index (χ4v) is 18.4. The summed E-state index contributed by atoms with van der Waals surface area (Å²) in [6, 6.07) is 141. The van der Waals surface area contributed by atoms with E-state index < -0.39 is 0 Å². The van der Waals surface area contributed by atoms with Gasteiger partial charge in [0, 0.05) is 32.9 Å². The van der Waals surface area contributed by atoms with Crippen LogP contribution in [0.15, 0.2) is 376 Å². The molecule has 0 aliphatic carbocycles. The largest absolute Gasteiger partial charge is 0.309 e. The summed E-state index contributed by atoms with van der Waals surface area (Å²) in [6.07, 6.45) is 0. The minimum absolute atomic E-state index is 0.665. The van der Waals surface area contributed by atoms with Gasteiger partial charge in [0.25, 0.3) is 0 Å². The fourth-order valence-electron chi connectivity index (χ4n) is 18.4. The van der Waals surface area contributed by atoms with E-state index >= 15 is 0 Å². The first-order valence-electron chi connectivity index (χ1n) is 37.5. The third-order valence-electron chi connectivity index (χ3n) is 23.2. The summed E-state index contributed by atoms with van der Waals surface area (Å²) in [5.41, 5.74) is 22.3. The molecule has 23 aromatic rings. The van der Waals surface area contributed by atoms with Gasteiger partial charge < -0.3 is 9.13 Å². The molecule has 110 heavy (non-hydrogen) atoms. The first-order chi connectivity index (χ1) is 54.4. The van der Waals surface area contributed by atoms with E-state index in [0.29, 0.717) is 11.1 Å². The van der Waals surface area contributed by atoms with Crippen molar-refractivity contribution in [3.8, 4) is 90.3 Å².